The second-order valence-corrected chi connectivity index (χ2v) is 9.07. The third-order valence-electron chi connectivity index (χ3n) is 7.34. The maximum atomic E-state index is 2.46. The van der Waals surface area contributed by atoms with Crippen LogP contribution in [-0.2, 0) is 12.8 Å². The normalized spacial score (nSPS) is 21.8. The molecule has 1 fully saturated rings. The molecular weight excluding hydrogens is 324 g/mol. The molecule has 0 unspecified atom stereocenters. The summed E-state index contributed by atoms with van der Waals surface area (Å²) in [6.45, 7) is 11.7. The highest BCUT2D eigenvalue weighted by atomic mass is 14.3. The first kappa shape index (κ1) is 18.5. The highest BCUT2D eigenvalue weighted by Gasteiger charge is 2.27. The van der Waals surface area contributed by atoms with Crippen LogP contribution in [0.3, 0.4) is 0 Å². The maximum Gasteiger partial charge on any atom is -0.00491 e. The van der Waals surface area contributed by atoms with Crippen molar-refractivity contribution in [1.82, 2.24) is 0 Å². The number of rotatable bonds is 4. The fraction of sp³-hybridized carbons (Fsp3) is 0.481. The second-order valence-electron chi connectivity index (χ2n) is 9.07. The first-order valence-electron chi connectivity index (χ1n) is 10.9. The molecule has 0 N–H and O–H groups in total. The van der Waals surface area contributed by atoms with E-state index in [1.165, 1.54) is 65.5 Å². The van der Waals surface area contributed by atoms with Gasteiger partial charge in [0, 0.05) is 0 Å². The average molecular weight is 359 g/mol. The zero-order valence-corrected chi connectivity index (χ0v) is 17.8. The minimum Gasteiger partial charge on any atom is -0.0625 e. The molecule has 0 amide bonds. The molecule has 0 radical (unpaired) electrons. The van der Waals surface area contributed by atoms with Crippen molar-refractivity contribution < 1.29 is 0 Å². The summed E-state index contributed by atoms with van der Waals surface area (Å²) in [4.78, 5) is 0. The summed E-state index contributed by atoms with van der Waals surface area (Å²) in [5, 5.41) is 0. The van der Waals surface area contributed by atoms with Gasteiger partial charge in [-0.1, -0.05) is 68.2 Å². The molecule has 0 saturated heterocycles. The molecule has 1 saturated carbocycles. The Bertz CT molecular complexity index is 896. The lowest BCUT2D eigenvalue weighted by atomic mass is 9.83. The van der Waals surface area contributed by atoms with Crippen LogP contribution in [0.4, 0.5) is 0 Å². The molecule has 0 aromatic heterocycles. The fourth-order valence-electron chi connectivity index (χ4n) is 5.60. The fourth-order valence-corrected chi connectivity index (χ4v) is 5.60. The first-order chi connectivity index (χ1) is 13.0. The van der Waals surface area contributed by atoms with Crippen LogP contribution in [0.25, 0.3) is 16.7 Å². The molecule has 0 bridgehead atoms. The van der Waals surface area contributed by atoms with Crippen molar-refractivity contribution in [2.24, 2.45) is 11.8 Å². The molecule has 2 aliphatic rings. The Morgan fingerprint density at radius 3 is 2.44 bits per heavy atom. The number of hydrogen-bond donors (Lipinski definition) is 0. The van der Waals surface area contributed by atoms with Crippen LogP contribution in [-0.4, -0.2) is 0 Å². The molecule has 0 heterocycles. The Labute approximate surface area is 165 Å². The van der Waals surface area contributed by atoms with Gasteiger partial charge in [-0.15, -0.1) is 0 Å². The van der Waals surface area contributed by atoms with E-state index in [-0.39, 0.29) is 0 Å². The maximum absolute atomic E-state index is 2.46. The quantitative estimate of drug-likeness (QED) is 0.525. The zero-order valence-electron chi connectivity index (χ0n) is 17.8. The Balaban J connectivity index is 1.82. The summed E-state index contributed by atoms with van der Waals surface area (Å²) in [5.41, 5.74) is 13.7. The second kappa shape index (κ2) is 7.30. The van der Waals surface area contributed by atoms with E-state index in [9.17, 15) is 0 Å². The molecule has 4 rings (SSSR count). The summed E-state index contributed by atoms with van der Waals surface area (Å²) in [6.07, 6.45) is 7.78. The van der Waals surface area contributed by atoms with Gasteiger partial charge in [-0.3, -0.25) is 0 Å². The van der Waals surface area contributed by atoms with Gasteiger partial charge in [0.05, 0.1) is 0 Å². The molecule has 2 aromatic carbocycles. The third kappa shape index (κ3) is 3.28. The molecule has 27 heavy (non-hydrogen) atoms. The molecule has 2 aliphatic carbocycles. The van der Waals surface area contributed by atoms with E-state index < -0.39 is 0 Å². The van der Waals surface area contributed by atoms with E-state index in [1.807, 2.05) is 0 Å². The van der Waals surface area contributed by atoms with E-state index in [2.05, 4.69) is 65.0 Å². The van der Waals surface area contributed by atoms with Crippen molar-refractivity contribution in [2.45, 2.75) is 73.1 Å². The van der Waals surface area contributed by atoms with Gasteiger partial charge in [-0.2, -0.15) is 0 Å². The van der Waals surface area contributed by atoms with E-state index in [1.54, 1.807) is 16.7 Å². The van der Waals surface area contributed by atoms with E-state index in [0.717, 1.165) is 18.3 Å². The largest absolute Gasteiger partial charge is 0.0625 e. The van der Waals surface area contributed by atoms with Crippen LogP contribution in [0.1, 0.15) is 74.3 Å². The third-order valence-corrected chi connectivity index (χ3v) is 7.34. The van der Waals surface area contributed by atoms with Crippen molar-refractivity contribution in [3.05, 3.63) is 63.7 Å². The SMILES string of the molecule is CCC1=C(C)c2cccc(-c3cc(C)cc(C)c3C[C@@H]3CCC[C@@H]3C)c2C1. The standard InChI is InChI=1S/C27H34/c1-6-21-15-27-23(20(21)5)11-8-12-24(27)26-14-17(2)13-19(4)25(26)16-22-10-7-9-18(22)3/h8,11-14,18,22H,6-7,9-10,15-16H2,1-5H3/t18-,22-/m0/s1. The van der Waals surface area contributed by atoms with Gasteiger partial charge in [0.2, 0.25) is 0 Å². The van der Waals surface area contributed by atoms with Crippen LogP contribution >= 0.6 is 0 Å². The molecule has 0 aliphatic heterocycles. The highest BCUT2D eigenvalue weighted by Crippen LogP contribution is 2.43. The van der Waals surface area contributed by atoms with Crippen molar-refractivity contribution in [3.63, 3.8) is 0 Å². The minimum atomic E-state index is 0.855. The molecule has 2 atom stereocenters. The Kier molecular flexibility index (Phi) is 5.01. The molecule has 0 spiro atoms. The first-order valence-corrected chi connectivity index (χ1v) is 10.9. The lowest BCUT2D eigenvalue weighted by Gasteiger charge is -2.22. The zero-order chi connectivity index (χ0) is 19.1. The molecule has 142 valence electrons. The monoisotopic (exact) mass is 358 g/mol. The van der Waals surface area contributed by atoms with Crippen molar-refractivity contribution >= 4 is 5.57 Å². The molecular formula is C27H34. The van der Waals surface area contributed by atoms with Gasteiger partial charge in [-0.25, -0.2) is 0 Å². The Hall–Kier alpha value is -1.82. The van der Waals surface area contributed by atoms with E-state index in [4.69, 9.17) is 0 Å². The van der Waals surface area contributed by atoms with Gasteiger partial charge in [0.25, 0.3) is 0 Å². The summed E-state index contributed by atoms with van der Waals surface area (Å²) in [5.74, 6) is 1.73. The number of benzene rings is 2. The van der Waals surface area contributed by atoms with Gasteiger partial charge in [0.1, 0.15) is 0 Å². The number of allylic oxidation sites excluding steroid dienone is 2. The van der Waals surface area contributed by atoms with Crippen LogP contribution < -0.4 is 0 Å². The van der Waals surface area contributed by atoms with Crippen molar-refractivity contribution in [2.75, 3.05) is 0 Å². The average Bonchev–Trinajstić information content (AvgIpc) is 3.20. The Morgan fingerprint density at radius 2 is 1.74 bits per heavy atom. The Morgan fingerprint density at radius 1 is 0.963 bits per heavy atom. The smallest absolute Gasteiger partial charge is 0.00491 e. The summed E-state index contributed by atoms with van der Waals surface area (Å²) in [6, 6.07) is 11.8. The van der Waals surface area contributed by atoms with Crippen LogP contribution in [0.15, 0.2) is 35.9 Å². The molecule has 0 nitrogen and oxygen atoms in total. The van der Waals surface area contributed by atoms with E-state index >= 15 is 0 Å². The predicted molar refractivity (Wildman–Crippen MR) is 118 cm³/mol. The number of aryl methyl sites for hydroxylation is 2. The number of fused-ring (bicyclic) bond motifs is 1. The predicted octanol–water partition coefficient (Wildman–Crippen LogP) is 7.69. The van der Waals surface area contributed by atoms with Crippen molar-refractivity contribution in [1.29, 1.82) is 0 Å². The lowest BCUT2D eigenvalue weighted by Crippen LogP contribution is -2.10. The summed E-state index contributed by atoms with van der Waals surface area (Å²) >= 11 is 0. The van der Waals surface area contributed by atoms with Gasteiger partial charge in [-0.05, 0) is 97.2 Å². The van der Waals surface area contributed by atoms with Gasteiger partial charge < -0.3 is 0 Å². The molecule has 0 heteroatoms. The van der Waals surface area contributed by atoms with E-state index in [0.29, 0.717) is 0 Å². The summed E-state index contributed by atoms with van der Waals surface area (Å²) in [7, 11) is 0. The minimum absolute atomic E-state index is 0.855. The lowest BCUT2D eigenvalue weighted by molar-refractivity contribution is 0.417. The van der Waals surface area contributed by atoms with Crippen LogP contribution in [0.2, 0.25) is 0 Å². The highest BCUT2D eigenvalue weighted by molar-refractivity contribution is 5.84. The topological polar surface area (TPSA) is 0 Å². The summed E-state index contributed by atoms with van der Waals surface area (Å²) < 4.78 is 0. The van der Waals surface area contributed by atoms with Crippen molar-refractivity contribution in [3.8, 4) is 11.1 Å². The number of hydrogen-bond acceptors (Lipinski definition) is 0. The van der Waals surface area contributed by atoms with Crippen LogP contribution in [0, 0.1) is 25.7 Å². The van der Waals surface area contributed by atoms with Crippen LogP contribution in [0.5, 0.6) is 0 Å². The molecule has 2 aromatic rings. The van der Waals surface area contributed by atoms with Gasteiger partial charge >= 0.3 is 0 Å². The van der Waals surface area contributed by atoms with Gasteiger partial charge in [0.15, 0.2) is 0 Å².